The SMILES string of the molecule is O=C(NCC(F)(F)C(F)F)c1cccc2c1CCCN2. The van der Waals surface area contributed by atoms with Gasteiger partial charge in [0.25, 0.3) is 5.91 Å². The Kier molecular flexibility index (Phi) is 4.15. The van der Waals surface area contributed by atoms with Crippen LogP contribution in [0.2, 0.25) is 0 Å². The van der Waals surface area contributed by atoms with Crippen molar-refractivity contribution < 1.29 is 22.4 Å². The summed E-state index contributed by atoms with van der Waals surface area (Å²) in [6.45, 7) is -0.595. The van der Waals surface area contributed by atoms with Crippen molar-refractivity contribution in [3.63, 3.8) is 0 Å². The zero-order valence-electron chi connectivity index (χ0n) is 10.6. The third kappa shape index (κ3) is 3.02. The van der Waals surface area contributed by atoms with Gasteiger partial charge in [0.2, 0.25) is 0 Å². The summed E-state index contributed by atoms with van der Waals surface area (Å²) < 4.78 is 49.6. The minimum absolute atomic E-state index is 0.250. The monoisotopic (exact) mass is 290 g/mol. The normalized spacial score (nSPS) is 14.7. The molecular formula is C13H14F4N2O. The highest BCUT2D eigenvalue weighted by atomic mass is 19.3. The summed E-state index contributed by atoms with van der Waals surface area (Å²) in [6, 6.07) is 4.91. The van der Waals surface area contributed by atoms with Gasteiger partial charge in [-0.2, -0.15) is 8.78 Å². The number of amides is 1. The van der Waals surface area contributed by atoms with E-state index in [0.29, 0.717) is 6.42 Å². The van der Waals surface area contributed by atoms with Crippen LogP contribution in [0.4, 0.5) is 23.2 Å². The van der Waals surface area contributed by atoms with E-state index < -0.39 is 24.8 Å². The van der Waals surface area contributed by atoms with Gasteiger partial charge < -0.3 is 10.6 Å². The van der Waals surface area contributed by atoms with E-state index in [1.54, 1.807) is 12.1 Å². The van der Waals surface area contributed by atoms with Crippen LogP contribution in [-0.2, 0) is 6.42 Å². The van der Waals surface area contributed by atoms with Crippen LogP contribution in [0.3, 0.4) is 0 Å². The fourth-order valence-electron chi connectivity index (χ4n) is 2.09. The van der Waals surface area contributed by atoms with Crippen LogP contribution in [0.15, 0.2) is 18.2 Å². The van der Waals surface area contributed by atoms with E-state index in [0.717, 1.165) is 24.2 Å². The van der Waals surface area contributed by atoms with Crippen LogP contribution in [0.25, 0.3) is 0 Å². The molecule has 0 aliphatic carbocycles. The lowest BCUT2D eigenvalue weighted by Gasteiger charge is -2.21. The zero-order chi connectivity index (χ0) is 14.8. The van der Waals surface area contributed by atoms with Crippen LogP contribution in [0.5, 0.6) is 0 Å². The summed E-state index contributed by atoms with van der Waals surface area (Å²) in [6.07, 6.45) is -2.32. The topological polar surface area (TPSA) is 41.1 Å². The summed E-state index contributed by atoms with van der Waals surface area (Å²) >= 11 is 0. The molecule has 2 rings (SSSR count). The van der Waals surface area contributed by atoms with Gasteiger partial charge in [-0.25, -0.2) is 8.78 Å². The molecule has 1 amide bonds. The van der Waals surface area contributed by atoms with Gasteiger partial charge in [0.15, 0.2) is 0 Å². The summed E-state index contributed by atoms with van der Waals surface area (Å²) in [5.41, 5.74) is 1.76. The van der Waals surface area contributed by atoms with Crippen LogP contribution in [0, 0.1) is 0 Å². The molecule has 0 bridgehead atoms. The summed E-state index contributed by atoms with van der Waals surface area (Å²) in [7, 11) is 0. The Morgan fingerprint density at radius 3 is 2.85 bits per heavy atom. The molecule has 1 aliphatic rings. The van der Waals surface area contributed by atoms with Gasteiger partial charge in [0.05, 0.1) is 6.54 Å². The molecule has 0 spiro atoms. The molecule has 7 heteroatoms. The summed E-state index contributed by atoms with van der Waals surface area (Å²) in [5, 5.41) is 4.97. The average Bonchev–Trinajstić information content (AvgIpc) is 2.44. The third-order valence-corrected chi connectivity index (χ3v) is 3.14. The minimum atomic E-state index is -4.22. The molecular weight excluding hydrogens is 276 g/mol. The number of rotatable bonds is 4. The number of benzene rings is 1. The predicted molar refractivity (Wildman–Crippen MR) is 66.5 cm³/mol. The Bertz CT molecular complexity index is 505. The first-order valence-corrected chi connectivity index (χ1v) is 6.22. The fraction of sp³-hybridized carbons (Fsp3) is 0.462. The van der Waals surface area contributed by atoms with Crippen LogP contribution < -0.4 is 10.6 Å². The number of carbonyl (C=O) groups is 1. The van der Waals surface area contributed by atoms with E-state index in [4.69, 9.17) is 0 Å². The molecule has 2 N–H and O–H groups in total. The lowest BCUT2D eigenvalue weighted by molar-refractivity contribution is -0.123. The molecule has 0 saturated heterocycles. The van der Waals surface area contributed by atoms with Crippen molar-refractivity contribution in [2.24, 2.45) is 0 Å². The van der Waals surface area contributed by atoms with Gasteiger partial charge in [0.1, 0.15) is 0 Å². The fourth-order valence-corrected chi connectivity index (χ4v) is 2.09. The van der Waals surface area contributed by atoms with Gasteiger partial charge in [-0.15, -0.1) is 0 Å². The standard InChI is InChI=1S/C13H14F4N2O/c14-12(15)13(16,17)7-19-11(20)9-3-1-5-10-8(9)4-2-6-18-10/h1,3,5,12,18H,2,4,6-7H2,(H,19,20). The van der Waals surface area contributed by atoms with Crippen molar-refractivity contribution >= 4 is 11.6 Å². The molecule has 110 valence electrons. The van der Waals surface area contributed by atoms with Crippen LogP contribution >= 0.6 is 0 Å². The molecule has 3 nitrogen and oxygen atoms in total. The first kappa shape index (κ1) is 14.6. The average molecular weight is 290 g/mol. The van der Waals surface area contributed by atoms with Gasteiger partial charge >= 0.3 is 12.3 Å². The molecule has 1 aliphatic heterocycles. The van der Waals surface area contributed by atoms with Crippen molar-refractivity contribution in [2.75, 3.05) is 18.4 Å². The Labute approximate surface area is 113 Å². The maximum atomic E-state index is 12.8. The van der Waals surface area contributed by atoms with Crippen molar-refractivity contribution in [1.82, 2.24) is 5.32 Å². The molecule has 0 fully saturated rings. The zero-order valence-corrected chi connectivity index (χ0v) is 10.6. The number of nitrogens with one attached hydrogen (secondary N) is 2. The number of hydrogen-bond donors (Lipinski definition) is 2. The summed E-state index contributed by atoms with van der Waals surface area (Å²) in [4.78, 5) is 11.9. The number of fused-ring (bicyclic) bond motifs is 1. The molecule has 0 saturated carbocycles. The molecule has 0 atom stereocenters. The van der Waals surface area contributed by atoms with Gasteiger partial charge in [-0.3, -0.25) is 4.79 Å². The van der Waals surface area contributed by atoms with Crippen LogP contribution in [0.1, 0.15) is 22.3 Å². The number of halogens is 4. The van der Waals surface area contributed by atoms with E-state index in [2.05, 4.69) is 5.32 Å². The second kappa shape index (κ2) is 5.68. The Balaban J connectivity index is 2.10. The Morgan fingerprint density at radius 1 is 1.40 bits per heavy atom. The van der Waals surface area contributed by atoms with Gasteiger partial charge in [-0.05, 0) is 30.5 Å². The quantitative estimate of drug-likeness (QED) is 0.837. The summed E-state index contributed by atoms with van der Waals surface area (Å²) in [5.74, 6) is -4.98. The van der Waals surface area contributed by atoms with Crippen molar-refractivity contribution in [2.45, 2.75) is 25.2 Å². The number of carbonyl (C=O) groups excluding carboxylic acids is 1. The Hall–Kier alpha value is -1.79. The van der Waals surface area contributed by atoms with E-state index in [9.17, 15) is 22.4 Å². The molecule has 0 radical (unpaired) electrons. The molecule has 0 unspecified atom stereocenters. The smallest absolute Gasteiger partial charge is 0.324 e. The minimum Gasteiger partial charge on any atom is -0.385 e. The van der Waals surface area contributed by atoms with Crippen LogP contribution in [-0.4, -0.2) is 31.3 Å². The van der Waals surface area contributed by atoms with E-state index in [1.165, 1.54) is 6.07 Å². The second-order valence-corrected chi connectivity index (χ2v) is 4.61. The van der Waals surface area contributed by atoms with Gasteiger partial charge in [0, 0.05) is 17.8 Å². The first-order valence-electron chi connectivity index (χ1n) is 6.22. The highest BCUT2D eigenvalue weighted by Gasteiger charge is 2.41. The maximum absolute atomic E-state index is 12.8. The lowest BCUT2D eigenvalue weighted by atomic mass is 9.97. The van der Waals surface area contributed by atoms with Crippen molar-refractivity contribution in [1.29, 1.82) is 0 Å². The molecule has 1 aromatic rings. The highest BCUT2D eigenvalue weighted by molar-refractivity contribution is 5.97. The Morgan fingerprint density at radius 2 is 2.15 bits per heavy atom. The molecule has 1 heterocycles. The largest absolute Gasteiger partial charge is 0.385 e. The molecule has 0 aromatic heterocycles. The van der Waals surface area contributed by atoms with E-state index in [-0.39, 0.29) is 5.56 Å². The van der Waals surface area contributed by atoms with Crippen molar-refractivity contribution in [3.05, 3.63) is 29.3 Å². The molecule has 20 heavy (non-hydrogen) atoms. The number of hydrogen-bond acceptors (Lipinski definition) is 2. The first-order chi connectivity index (χ1) is 9.42. The van der Waals surface area contributed by atoms with E-state index in [1.807, 2.05) is 5.32 Å². The van der Waals surface area contributed by atoms with Crippen molar-refractivity contribution in [3.8, 4) is 0 Å². The number of alkyl halides is 4. The second-order valence-electron chi connectivity index (χ2n) is 4.61. The van der Waals surface area contributed by atoms with E-state index >= 15 is 0 Å². The number of anilines is 1. The lowest BCUT2D eigenvalue weighted by Crippen LogP contribution is -2.41. The van der Waals surface area contributed by atoms with Gasteiger partial charge in [-0.1, -0.05) is 6.07 Å². The maximum Gasteiger partial charge on any atom is 0.324 e. The third-order valence-electron chi connectivity index (χ3n) is 3.14. The highest BCUT2D eigenvalue weighted by Crippen LogP contribution is 2.26. The predicted octanol–water partition coefficient (Wildman–Crippen LogP) is 2.67. The molecule has 1 aromatic carbocycles.